The molecule has 0 radical (unpaired) electrons. The van der Waals surface area contributed by atoms with Crippen molar-refractivity contribution in [2.24, 2.45) is 5.92 Å². The quantitative estimate of drug-likeness (QED) is 0.671. The fraction of sp³-hybridized carbons (Fsp3) is 0.364. The molecule has 150 valence electrons. The zero-order valence-electron chi connectivity index (χ0n) is 16.9. The minimum Gasteiger partial charge on any atom is -0.347 e. The van der Waals surface area contributed by atoms with E-state index in [4.69, 9.17) is 0 Å². The molecule has 7 nitrogen and oxygen atoms in total. The number of pyridine rings is 1. The number of aromatic nitrogens is 3. The summed E-state index contributed by atoms with van der Waals surface area (Å²) in [6, 6.07) is 11.0. The average molecular weight is 391 g/mol. The Balaban J connectivity index is 1.57. The van der Waals surface area contributed by atoms with Crippen molar-refractivity contribution < 1.29 is 9.59 Å². The summed E-state index contributed by atoms with van der Waals surface area (Å²) < 4.78 is 1.85. The number of anilines is 1. The highest BCUT2D eigenvalue weighted by atomic mass is 16.2. The second-order valence-corrected chi connectivity index (χ2v) is 8.20. The number of benzene rings is 1. The number of nitrogens with zero attached hydrogens (tertiary/aromatic N) is 3. The number of amides is 2. The van der Waals surface area contributed by atoms with Crippen LogP contribution in [0.25, 0.3) is 17.0 Å². The van der Waals surface area contributed by atoms with E-state index in [2.05, 4.69) is 20.8 Å². The summed E-state index contributed by atoms with van der Waals surface area (Å²) in [6.07, 6.45) is 4.60. The van der Waals surface area contributed by atoms with Crippen LogP contribution in [0.3, 0.4) is 0 Å². The molecule has 0 unspecified atom stereocenters. The Bertz CT molecular complexity index is 1060. The second kappa shape index (κ2) is 7.31. The molecule has 1 aliphatic carbocycles. The standard InChI is InChI=1S/C22H25N5O2/c1-4-22(2,3)24-21(29)16-7-5-14(6-8-16)19-26-25-18-12-11-17(13-27(18)19)23-20(28)15-9-10-15/h5-8,11-13,15H,4,9-10H2,1-3H3,(H,23,28)(H,24,29). The van der Waals surface area contributed by atoms with E-state index in [9.17, 15) is 9.59 Å². The van der Waals surface area contributed by atoms with Crippen LogP contribution >= 0.6 is 0 Å². The number of fused-ring (bicyclic) bond motifs is 1. The van der Waals surface area contributed by atoms with Gasteiger partial charge in [0.05, 0.1) is 5.69 Å². The molecule has 1 aliphatic rings. The molecule has 1 fully saturated rings. The first-order valence-corrected chi connectivity index (χ1v) is 9.95. The minimum atomic E-state index is -0.250. The van der Waals surface area contributed by atoms with E-state index < -0.39 is 0 Å². The third-order valence-corrected chi connectivity index (χ3v) is 5.36. The van der Waals surface area contributed by atoms with Crippen molar-refractivity contribution in [3.8, 4) is 11.4 Å². The fourth-order valence-corrected chi connectivity index (χ4v) is 2.99. The lowest BCUT2D eigenvalue weighted by atomic mass is 10.0. The van der Waals surface area contributed by atoms with Gasteiger partial charge in [0, 0.05) is 28.8 Å². The van der Waals surface area contributed by atoms with Crippen LogP contribution in [0.15, 0.2) is 42.6 Å². The predicted molar refractivity (Wildman–Crippen MR) is 112 cm³/mol. The molecule has 2 heterocycles. The number of rotatable bonds is 6. The summed E-state index contributed by atoms with van der Waals surface area (Å²) in [4.78, 5) is 24.5. The highest BCUT2D eigenvalue weighted by Crippen LogP contribution is 2.30. The van der Waals surface area contributed by atoms with Gasteiger partial charge in [-0.05, 0) is 57.4 Å². The van der Waals surface area contributed by atoms with Gasteiger partial charge in [-0.2, -0.15) is 0 Å². The highest BCUT2D eigenvalue weighted by molar-refractivity contribution is 5.95. The van der Waals surface area contributed by atoms with Gasteiger partial charge in [-0.1, -0.05) is 19.1 Å². The molecule has 29 heavy (non-hydrogen) atoms. The van der Waals surface area contributed by atoms with Crippen molar-refractivity contribution in [2.45, 2.75) is 45.6 Å². The van der Waals surface area contributed by atoms with Crippen LogP contribution < -0.4 is 10.6 Å². The molecule has 4 rings (SSSR count). The summed E-state index contributed by atoms with van der Waals surface area (Å²) in [5.41, 5.74) is 2.60. The minimum absolute atomic E-state index is 0.0596. The van der Waals surface area contributed by atoms with E-state index in [1.165, 1.54) is 0 Å². The predicted octanol–water partition coefficient (Wildman–Crippen LogP) is 3.66. The SMILES string of the molecule is CCC(C)(C)NC(=O)c1ccc(-c2nnc3ccc(NC(=O)C4CC4)cn23)cc1. The monoisotopic (exact) mass is 391 g/mol. The van der Waals surface area contributed by atoms with Gasteiger partial charge in [0.25, 0.3) is 5.91 Å². The van der Waals surface area contributed by atoms with Crippen LogP contribution in [0.4, 0.5) is 5.69 Å². The molecule has 0 aliphatic heterocycles. The zero-order chi connectivity index (χ0) is 20.6. The first-order chi connectivity index (χ1) is 13.9. The molecule has 7 heteroatoms. The normalized spacial score (nSPS) is 14.0. The molecule has 2 N–H and O–H groups in total. The van der Waals surface area contributed by atoms with Gasteiger partial charge in [0.1, 0.15) is 0 Å². The summed E-state index contributed by atoms with van der Waals surface area (Å²) >= 11 is 0. The Morgan fingerprint density at radius 2 is 1.83 bits per heavy atom. The van der Waals surface area contributed by atoms with Crippen molar-refractivity contribution in [2.75, 3.05) is 5.32 Å². The lowest BCUT2D eigenvalue weighted by Crippen LogP contribution is -2.42. The van der Waals surface area contributed by atoms with Gasteiger partial charge >= 0.3 is 0 Å². The van der Waals surface area contributed by atoms with Crippen molar-refractivity contribution in [1.82, 2.24) is 19.9 Å². The number of carbonyl (C=O) groups excluding carboxylic acids is 2. The third kappa shape index (κ3) is 4.13. The average Bonchev–Trinajstić information content (AvgIpc) is 3.48. The van der Waals surface area contributed by atoms with Crippen LogP contribution in [0.2, 0.25) is 0 Å². The Kier molecular flexibility index (Phi) is 4.82. The van der Waals surface area contributed by atoms with Crippen molar-refractivity contribution in [3.05, 3.63) is 48.2 Å². The van der Waals surface area contributed by atoms with Gasteiger partial charge < -0.3 is 10.6 Å². The van der Waals surface area contributed by atoms with Gasteiger partial charge in [0.2, 0.25) is 5.91 Å². The molecule has 0 bridgehead atoms. The van der Waals surface area contributed by atoms with E-state index in [1.807, 2.05) is 55.6 Å². The van der Waals surface area contributed by atoms with E-state index in [0.717, 1.165) is 24.8 Å². The molecule has 0 saturated heterocycles. The van der Waals surface area contributed by atoms with Gasteiger partial charge in [-0.25, -0.2) is 0 Å². The van der Waals surface area contributed by atoms with Crippen molar-refractivity contribution >= 4 is 23.1 Å². The molecular weight excluding hydrogens is 366 g/mol. The first kappa shape index (κ1) is 19.1. The third-order valence-electron chi connectivity index (χ3n) is 5.36. The number of nitrogens with one attached hydrogen (secondary N) is 2. The lowest BCUT2D eigenvalue weighted by Gasteiger charge is -2.24. The molecular formula is C22H25N5O2. The van der Waals surface area contributed by atoms with Crippen molar-refractivity contribution in [1.29, 1.82) is 0 Å². The fourth-order valence-electron chi connectivity index (χ4n) is 2.99. The smallest absolute Gasteiger partial charge is 0.251 e. The molecule has 0 spiro atoms. The first-order valence-electron chi connectivity index (χ1n) is 9.95. The maximum atomic E-state index is 12.5. The number of hydrogen-bond acceptors (Lipinski definition) is 4. The molecule has 1 saturated carbocycles. The van der Waals surface area contributed by atoms with Crippen LogP contribution in [0.5, 0.6) is 0 Å². The summed E-state index contributed by atoms with van der Waals surface area (Å²) in [5, 5.41) is 14.5. The van der Waals surface area contributed by atoms with Crippen LogP contribution in [-0.2, 0) is 4.79 Å². The van der Waals surface area contributed by atoms with E-state index in [0.29, 0.717) is 22.7 Å². The Morgan fingerprint density at radius 1 is 1.10 bits per heavy atom. The largest absolute Gasteiger partial charge is 0.347 e. The molecule has 2 aromatic heterocycles. The van der Waals surface area contributed by atoms with E-state index in [-0.39, 0.29) is 23.3 Å². The summed E-state index contributed by atoms with van der Waals surface area (Å²) in [7, 11) is 0. The van der Waals surface area contributed by atoms with E-state index >= 15 is 0 Å². The van der Waals surface area contributed by atoms with Gasteiger partial charge in [-0.3, -0.25) is 14.0 Å². The topological polar surface area (TPSA) is 88.4 Å². The van der Waals surface area contributed by atoms with Crippen LogP contribution in [0, 0.1) is 5.92 Å². The maximum absolute atomic E-state index is 12.5. The molecule has 3 aromatic rings. The molecule has 2 amide bonds. The van der Waals surface area contributed by atoms with Crippen LogP contribution in [-0.4, -0.2) is 32.0 Å². The van der Waals surface area contributed by atoms with Crippen molar-refractivity contribution in [3.63, 3.8) is 0 Å². The Labute approximate surface area is 169 Å². The van der Waals surface area contributed by atoms with Gasteiger partial charge in [-0.15, -0.1) is 10.2 Å². The highest BCUT2D eigenvalue weighted by Gasteiger charge is 2.29. The zero-order valence-corrected chi connectivity index (χ0v) is 16.9. The van der Waals surface area contributed by atoms with E-state index in [1.54, 1.807) is 12.1 Å². The lowest BCUT2D eigenvalue weighted by molar-refractivity contribution is -0.117. The maximum Gasteiger partial charge on any atom is 0.251 e. The molecule has 1 aromatic carbocycles. The number of carbonyl (C=O) groups is 2. The molecule has 0 atom stereocenters. The summed E-state index contributed by atoms with van der Waals surface area (Å²) in [6.45, 7) is 6.05. The Morgan fingerprint density at radius 3 is 2.48 bits per heavy atom. The number of hydrogen-bond donors (Lipinski definition) is 2. The Hall–Kier alpha value is -3.22. The van der Waals surface area contributed by atoms with Gasteiger partial charge in [0.15, 0.2) is 11.5 Å². The summed E-state index contributed by atoms with van der Waals surface area (Å²) in [5.74, 6) is 0.759. The van der Waals surface area contributed by atoms with Crippen LogP contribution in [0.1, 0.15) is 50.4 Å². The second-order valence-electron chi connectivity index (χ2n) is 8.20.